The highest BCUT2D eigenvalue weighted by molar-refractivity contribution is 6.35. The van der Waals surface area contributed by atoms with E-state index in [4.69, 9.17) is 23.2 Å². The summed E-state index contributed by atoms with van der Waals surface area (Å²) < 4.78 is 0. The molecule has 0 saturated carbocycles. The standard InChI is InChI=1S/C19H19Cl2N5/c1-13-4-2-3-5-15(13)11-23-19-25-18(12-24-26-19)22-9-8-14-6-7-16(20)10-17(14)21/h2-7,10,12H,8-9,11H2,1H3,(H2,22,23,25,26). The van der Waals surface area contributed by atoms with Crippen molar-refractivity contribution in [2.45, 2.75) is 19.9 Å². The molecular formula is C19H19Cl2N5. The molecule has 0 aliphatic carbocycles. The molecule has 0 amide bonds. The third-order valence-corrected chi connectivity index (χ3v) is 4.56. The van der Waals surface area contributed by atoms with E-state index >= 15 is 0 Å². The molecule has 0 bridgehead atoms. The molecular weight excluding hydrogens is 369 g/mol. The number of aromatic nitrogens is 3. The smallest absolute Gasteiger partial charge is 0.244 e. The molecule has 0 radical (unpaired) electrons. The maximum atomic E-state index is 6.19. The number of anilines is 2. The maximum absolute atomic E-state index is 6.19. The molecule has 26 heavy (non-hydrogen) atoms. The Morgan fingerprint density at radius 3 is 2.65 bits per heavy atom. The normalized spacial score (nSPS) is 10.6. The van der Waals surface area contributed by atoms with E-state index in [-0.39, 0.29) is 0 Å². The van der Waals surface area contributed by atoms with Gasteiger partial charge in [-0.1, -0.05) is 53.5 Å². The van der Waals surface area contributed by atoms with Crippen LogP contribution >= 0.6 is 23.2 Å². The van der Waals surface area contributed by atoms with Crippen LogP contribution in [0.4, 0.5) is 11.8 Å². The first-order chi connectivity index (χ1) is 12.6. The van der Waals surface area contributed by atoms with Gasteiger partial charge in [0.2, 0.25) is 5.95 Å². The van der Waals surface area contributed by atoms with Crippen molar-refractivity contribution < 1.29 is 0 Å². The minimum Gasteiger partial charge on any atom is -0.368 e. The number of benzene rings is 2. The van der Waals surface area contributed by atoms with Crippen LogP contribution in [0.3, 0.4) is 0 Å². The second-order valence-electron chi connectivity index (χ2n) is 5.86. The first-order valence-corrected chi connectivity index (χ1v) is 9.03. The van der Waals surface area contributed by atoms with E-state index in [0.717, 1.165) is 12.0 Å². The van der Waals surface area contributed by atoms with Crippen molar-refractivity contribution in [1.29, 1.82) is 0 Å². The van der Waals surface area contributed by atoms with Crippen molar-refractivity contribution in [3.63, 3.8) is 0 Å². The molecule has 3 rings (SSSR count). The summed E-state index contributed by atoms with van der Waals surface area (Å²) in [6.45, 7) is 3.41. The molecule has 0 fully saturated rings. The molecule has 2 aromatic carbocycles. The zero-order chi connectivity index (χ0) is 18.4. The van der Waals surface area contributed by atoms with Gasteiger partial charge in [0.15, 0.2) is 5.82 Å². The number of hydrogen-bond donors (Lipinski definition) is 2. The van der Waals surface area contributed by atoms with Gasteiger partial charge in [0, 0.05) is 23.1 Å². The zero-order valence-corrected chi connectivity index (χ0v) is 15.8. The summed E-state index contributed by atoms with van der Waals surface area (Å²) in [5, 5.41) is 15.8. The van der Waals surface area contributed by atoms with Crippen molar-refractivity contribution >= 4 is 35.0 Å². The Balaban J connectivity index is 1.54. The lowest BCUT2D eigenvalue weighted by molar-refractivity contribution is 0.927. The van der Waals surface area contributed by atoms with E-state index in [1.807, 2.05) is 24.3 Å². The fourth-order valence-corrected chi connectivity index (χ4v) is 3.00. The molecule has 0 atom stereocenters. The molecule has 0 aliphatic rings. The second-order valence-corrected chi connectivity index (χ2v) is 6.70. The van der Waals surface area contributed by atoms with Crippen LogP contribution in [0.15, 0.2) is 48.7 Å². The Morgan fingerprint density at radius 2 is 1.85 bits per heavy atom. The summed E-state index contributed by atoms with van der Waals surface area (Å²) in [4.78, 5) is 4.44. The Labute approximate surface area is 162 Å². The van der Waals surface area contributed by atoms with Gasteiger partial charge in [-0.2, -0.15) is 10.1 Å². The molecule has 2 N–H and O–H groups in total. The summed E-state index contributed by atoms with van der Waals surface area (Å²) >= 11 is 12.1. The van der Waals surface area contributed by atoms with E-state index in [2.05, 4.69) is 44.9 Å². The quantitative estimate of drug-likeness (QED) is 0.612. The Bertz CT molecular complexity index is 885. The topological polar surface area (TPSA) is 62.7 Å². The highest BCUT2D eigenvalue weighted by Crippen LogP contribution is 2.21. The van der Waals surface area contributed by atoms with Crippen LogP contribution in [-0.4, -0.2) is 21.7 Å². The summed E-state index contributed by atoms with van der Waals surface area (Å²) in [6.07, 6.45) is 2.36. The van der Waals surface area contributed by atoms with Crippen molar-refractivity contribution in [3.8, 4) is 0 Å². The van der Waals surface area contributed by atoms with Crippen LogP contribution in [0.2, 0.25) is 10.0 Å². The first-order valence-electron chi connectivity index (χ1n) is 8.28. The van der Waals surface area contributed by atoms with E-state index in [0.29, 0.717) is 34.9 Å². The molecule has 3 aromatic rings. The highest BCUT2D eigenvalue weighted by Gasteiger charge is 2.04. The minimum absolute atomic E-state index is 0.489. The van der Waals surface area contributed by atoms with Gasteiger partial charge in [0.05, 0.1) is 6.20 Å². The van der Waals surface area contributed by atoms with E-state index in [9.17, 15) is 0 Å². The number of aryl methyl sites for hydroxylation is 1. The van der Waals surface area contributed by atoms with Crippen molar-refractivity contribution in [2.24, 2.45) is 0 Å². The van der Waals surface area contributed by atoms with E-state index < -0.39 is 0 Å². The minimum atomic E-state index is 0.489. The van der Waals surface area contributed by atoms with Crippen LogP contribution in [0, 0.1) is 6.92 Å². The third kappa shape index (κ3) is 5.07. The van der Waals surface area contributed by atoms with Crippen LogP contribution in [0.5, 0.6) is 0 Å². The summed E-state index contributed by atoms with van der Waals surface area (Å²) in [7, 11) is 0. The number of hydrogen-bond acceptors (Lipinski definition) is 5. The number of nitrogens with one attached hydrogen (secondary N) is 2. The van der Waals surface area contributed by atoms with Crippen LogP contribution in [-0.2, 0) is 13.0 Å². The van der Waals surface area contributed by atoms with Gasteiger partial charge in [-0.05, 0) is 42.2 Å². The number of nitrogens with zero attached hydrogens (tertiary/aromatic N) is 3. The molecule has 0 aliphatic heterocycles. The highest BCUT2D eigenvalue weighted by atomic mass is 35.5. The lowest BCUT2D eigenvalue weighted by Gasteiger charge is -2.09. The lowest BCUT2D eigenvalue weighted by Crippen LogP contribution is -2.10. The zero-order valence-electron chi connectivity index (χ0n) is 14.3. The maximum Gasteiger partial charge on any atom is 0.244 e. The summed E-state index contributed by atoms with van der Waals surface area (Å²) in [5.41, 5.74) is 3.46. The van der Waals surface area contributed by atoms with Gasteiger partial charge < -0.3 is 10.6 Å². The van der Waals surface area contributed by atoms with Gasteiger partial charge in [0.25, 0.3) is 0 Å². The molecule has 1 heterocycles. The van der Waals surface area contributed by atoms with Gasteiger partial charge in [-0.15, -0.1) is 5.10 Å². The van der Waals surface area contributed by atoms with E-state index in [1.54, 1.807) is 12.3 Å². The van der Waals surface area contributed by atoms with Crippen molar-refractivity contribution in [1.82, 2.24) is 15.2 Å². The fourth-order valence-electron chi connectivity index (χ4n) is 2.50. The molecule has 0 saturated heterocycles. The predicted octanol–water partition coefficient (Wildman–Crippen LogP) is 4.75. The third-order valence-electron chi connectivity index (χ3n) is 3.97. The van der Waals surface area contributed by atoms with Gasteiger partial charge >= 0.3 is 0 Å². The average molecular weight is 388 g/mol. The van der Waals surface area contributed by atoms with Crippen molar-refractivity contribution in [2.75, 3.05) is 17.2 Å². The largest absolute Gasteiger partial charge is 0.368 e. The Kier molecular flexibility index (Phi) is 6.26. The second kappa shape index (κ2) is 8.83. The van der Waals surface area contributed by atoms with Gasteiger partial charge in [-0.3, -0.25) is 0 Å². The van der Waals surface area contributed by atoms with Gasteiger partial charge in [-0.25, -0.2) is 0 Å². The van der Waals surface area contributed by atoms with Crippen LogP contribution in [0.25, 0.3) is 0 Å². The van der Waals surface area contributed by atoms with Crippen LogP contribution < -0.4 is 10.6 Å². The predicted molar refractivity (Wildman–Crippen MR) is 107 cm³/mol. The molecule has 7 heteroatoms. The first kappa shape index (κ1) is 18.4. The number of halogens is 2. The Morgan fingerprint density at radius 1 is 1.00 bits per heavy atom. The number of rotatable bonds is 7. The molecule has 1 aromatic heterocycles. The molecule has 0 spiro atoms. The fraction of sp³-hybridized carbons (Fsp3) is 0.211. The summed E-state index contributed by atoms with van der Waals surface area (Å²) in [5.74, 6) is 1.15. The van der Waals surface area contributed by atoms with Gasteiger partial charge in [0.1, 0.15) is 0 Å². The Hall–Kier alpha value is -2.37. The summed E-state index contributed by atoms with van der Waals surface area (Å²) in [6, 6.07) is 13.7. The molecule has 134 valence electrons. The van der Waals surface area contributed by atoms with Crippen molar-refractivity contribution in [3.05, 3.63) is 75.4 Å². The molecule has 5 nitrogen and oxygen atoms in total. The lowest BCUT2D eigenvalue weighted by atomic mass is 10.1. The molecule has 0 unspecified atom stereocenters. The average Bonchev–Trinajstić information content (AvgIpc) is 2.63. The SMILES string of the molecule is Cc1ccccc1CNc1nncc(NCCc2ccc(Cl)cc2Cl)n1. The van der Waals surface area contributed by atoms with E-state index in [1.165, 1.54) is 11.1 Å². The van der Waals surface area contributed by atoms with Crippen LogP contribution in [0.1, 0.15) is 16.7 Å². The monoisotopic (exact) mass is 387 g/mol.